The van der Waals surface area contributed by atoms with Gasteiger partial charge in [-0.05, 0) is 19.3 Å². The smallest absolute Gasteiger partial charge is 0.118 e. The molecule has 0 aliphatic carbocycles. The summed E-state index contributed by atoms with van der Waals surface area (Å²) in [5, 5.41) is 17.6. The minimum absolute atomic E-state index is 0.181. The van der Waals surface area contributed by atoms with E-state index in [9.17, 15) is 0 Å². The predicted octanol–water partition coefficient (Wildman–Crippen LogP) is 0.313. The van der Waals surface area contributed by atoms with Gasteiger partial charge in [0.1, 0.15) is 12.8 Å². The zero-order chi connectivity index (χ0) is 10.4. The topological polar surface area (TPSA) is 52.9 Å². The molecule has 14 heavy (non-hydrogen) atoms. The molecule has 4 heteroatoms. The zero-order valence-electron chi connectivity index (χ0n) is 8.48. The van der Waals surface area contributed by atoms with Crippen molar-refractivity contribution in [2.45, 2.75) is 25.4 Å². The van der Waals surface area contributed by atoms with Gasteiger partial charge < -0.3 is 19.8 Å². The highest BCUT2D eigenvalue weighted by molar-refractivity contribution is 4.95. The van der Waals surface area contributed by atoms with Gasteiger partial charge in [-0.2, -0.15) is 0 Å². The molecule has 1 rings (SSSR count). The Kier molecular flexibility index (Phi) is 4.93. The van der Waals surface area contributed by atoms with Gasteiger partial charge >= 0.3 is 0 Å². The van der Waals surface area contributed by atoms with Crippen LogP contribution in [0.15, 0.2) is 12.3 Å². The molecule has 1 atom stereocenters. The van der Waals surface area contributed by atoms with Gasteiger partial charge in [-0.15, -0.1) is 0 Å². The fourth-order valence-corrected chi connectivity index (χ4v) is 1.46. The Morgan fingerprint density at radius 3 is 2.93 bits per heavy atom. The fourth-order valence-electron chi connectivity index (χ4n) is 1.46. The number of aliphatic hydroxyl groups excluding tert-OH is 2. The van der Waals surface area contributed by atoms with Crippen molar-refractivity contribution >= 4 is 0 Å². The minimum atomic E-state index is -0.770. The van der Waals surface area contributed by atoms with E-state index >= 15 is 0 Å². The van der Waals surface area contributed by atoms with E-state index in [4.69, 9.17) is 14.9 Å². The summed E-state index contributed by atoms with van der Waals surface area (Å²) in [4.78, 5) is 2.08. The van der Waals surface area contributed by atoms with E-state index in [-0.39, 0.29) is 13.2 Å². The summed E-state index contributed by atoms with van der Waals surface area (Å²) in [6.45, 7) is 5.33. The second kappa shape index (κ2) is 6.01. The highest BCUT2D eigenvalue weighted by atomic mass is 16.5. The van der Waals surface area contributed by atoms with Gasteiger partial charge in [0.2, 0.25) is 0 Å². The van der Waals surface area contributed by atoms with Gasteiger partial charge in [0.25, 0.3) is 0 Å². The van der Waals surface area contributed by atoms with Crippen LogP contribution in [-0.4, -0.2) is 47.7 Å². The number of piperidine rings is 1. The van der Waals surface area contributed by atoms with E-state index in [1.807, 2.05) is 0 Å². The molecule has 4 nitrogen and oxygen atoms in total. The lowest BCUT2D eigenvalue weighted by Crippen LogP contribution is -2.31. The average molecular weight is 201 g/mol. The zero-order valence-corrected chi connectivity index (χ0v) is 8.48. The van der Waals surface area contributed by atoms with Crippen LogP contribution in [0.4, 0.5) is 0 Å². The summed E-state index contributed by atoms with van der Waals surface area (Å²) in [7, 11) is 0. The van der Waals surface area contributed by atoms with Crippen LogP contribution >= 0.6 is 0 Å². The maximum Gasteiger partial charge on any atom is 0.118 e. The molecule has 0 aromatic carbocycles. The van der Waals surface area contributed by atoms with Crippen LogP contribution in [0.3, 0.4) is 0 Å². The van der Waals surface area contributed by atoms with Gasteiger partial charge in [0.15, 0.2) is 0 Å². The number of rotatable bonds is 5. The molecule has 0 aromatic rings. The Bertz CT molecular complexity index is 184. The molecule has 0 saturated carbocycles. The van der Waals surface area contributed by atoms with Crippen molar-refractivity contribution in [1.82, 2.24) is 4.90 Å². The van der Waals surface area contributed by atoms with Crippen LogP contribution in [0.1, 0.15) is 19.3 Å². The molecule has 1 unspecified atom stereocenters. The predicted molar refractivity (Wildman–Crippen MR) is 53.6 cm³/mol. The molecule has 0 radical (unpaired) electrons. The van der Waals surface area contributed by atoms with E-state index in [1.54, 1.807) is 0 Å². The first-order chi connectivity index (χ1) is 6.74. The summed E-state index contributed by atoms with van der Waals surface area (Å²) >= 11 is 0. The molecule has 1 aliphatic heterocycles. The summed E-state index contributed by atoms with van der Waals surface area (Å²) in [6, 6.07) is 0. The Labute approximate surface area is 84.8 Å². The third-order valence-corrected chi connectivity index (χ3v) is 2.36. The van der Waals surface area contributed by atoms with Crippen molar-refractivity contribution in [3.63, 3.8) is 0 Å². The Hall–Kier alpha value is -0.580. The molecule has 1 aliphatic rings. The van der Waals surface area contributed by atoms with Crippen molar-refractivity contribution < 1.29 is 14.9 Å². The lowest BCUT2D eigenvalue weighted by atomic mass is 10.1. The van der Waals surface area contributed by atoms with Gasteiger partial charge in [-0.3, -0.25) is 0 Å². The monoisotopic (exact) mass is 201 g/mol. The van der Waals surface area contributed by atoms with Crippen molar-refractivity contribution in [3.05, 3.63) is 12.3 Å². The Morgan fingerprint density at radius 2 is 2.29 bits per heavy atom. The molecule has 1 heterocycles. The van der Waals surface area contributed by atoms with Crippen LogP contribution in [0.2, 0.25) is 0 Å². The largest absolute Gasteiger partial charge is 0.394 e. The molecule has 0 spiro atoms. The maximum atomic E-state index is 9.04. The molecule has 1 fully saturated rings. The van der Waals surface area contributed by atoms with Crippen LogP contribution in [0.25, 0.3) is 0 Å². The summed E-state index contributed by atoms with van der Waals surface area (Å²) in [6.07, 6.45) is 2.64. The SMILES string of the molecule is C=C1CCCCN1COCC(O)CO. The Morgan fingerprint density at radius 1 is 1.50 bits per heavy atom. The number of nitrogens with zero attached hydrogens (tertiary/aromatic N) is 1. The Balaban J connectivity index is 2.13. The number of aliphatic hydroxyl groups is 2. The first kappa shape index (κ1) is 11.5. The molecule has 1 saturated heterocycles. The van der Waals surface area contributed by atoms with E-state index in [0.717, 1.165) is 18.7 Å². The lowest BCUT2D eigenvalue weighted by Gasteiger charge is -2.30. The third-order valence-electron chi connectivity index (χ3n) is 2.36. The lowest BCUT2D eigenvalue weighted by molar-refractivity contribution is -0.0288. The molecule has 2 N–H and O–H groups in total. The van der Waals surface area contributed by atoms with E-state index in [1.165, 1.54) is 12.8 Å². The summed E-state index contributed by atoms with van der Waals surface area (Å²) in [5.41, 5.74) is 1.11. The van der Waals surface area contributed by atoms with Crippen molar-refractivity contribution in [2.75, 3.05) is 26.5 Å². The first-order valence-electron chi connectivity index (χ1n) is 5.03. The highest BCUT2D eigenvalue weighted by Gasteiger charge is 2.13. The number of hydrogen-bond donors (Lipinski definition) is 2. The summed E-state index contributed by atoms with van der Waals surface area (Å²) < 4.78 is 5.25. The standard InChI is InChI=1S/C10H19NO3/c1-9-4-2-3-5-11(9)8-14-7-10(13)6-12/h10,12-13H,1-8H2. The van der Waals surface area contributed by atoms with Crippen LogP contribution in [-0.2, 0) is 4.74 Å². The van der Waals surface area contributed by atoms with Crippen molar-refractivity contribution in [3.8, 4) is 0 Å². The number of ether oxygens (including phenoxy) is 1. The molecular formula is C10H19NO3. The molecular weight excluding hydrogens is 182 g/mol. The van der Waals surface area contributed by atoms with Crippen molar-refractivity contribution in [2.24, 2.45) is 0 Å². The molecule has 0 amide bonds. The number of hydrogen-bond acceptors (Lipinski definition) is 4. The van der Waals surface area contributed by atoms with E-state index in [2.05, 4.69) is 11.5 Å². The number of allylic oxidation sites excluding steroid dienone is 1. The molecule has 82 valence electrons. The second-order valence-electron chi connectivity index (χ2n) is 3.62. The third kappa shape index (κ3) is 3.65. The van der Waals surface area contributed by atoms with Gasteiger partial charge in [0.05, 0.1) is 13.2 Å². The highest BCUT2D eigenvalue weighted by Crippen LogP contribution is 2.17. The van der Waals surface area contributed by atoms with Crippen LogP contribution in [0.5, 0.6) is 0 Å². The fraction of sp³-hybridized carbons (Fsp3) is 0.800. The van der Waals surface area contributed by atoms with Gasteiger partial charge in [-0.25, -0.2) is 0 Å². The number of likely N-dealkylation sites (tertiary alicyclic amines) is 1. The molecule has 0 aromatic heterocycles. The van der Waals surface area contributed by atoms with Crippen LogP contribution in [0, 0.1) is 0 Å². The first-order valence-corrected chi connectivity index (χ1v) is 5.03. The van der Waals surface area contributed by atoms with Gasteiger partial charge in [-0.1, -0.05) is 6.58 Å². The van der Waals surface area contributed by atoms with Crippen LogP contribution < -0.4 is 0 Å². The van der Waals surface area contributed by atoms with Crippen molar-refractivity contribution in [1.29, 1.82) is 0 Å². The summed E-state index contributed by atoms with van der Waals surface area (Å²) in [5.74, 6) is 0. The van der Waals surface area contributed by atoms with Gasteiger partial charge in [0, 0.05) is 12.2 Å². The second-order valence-corrected chi connectivity index (χ2v) is 3.62. The quantitative estimate of drug-likeness (QED) is 0.672. The normalized spacial score (nSPS) is 19.9. The molecule has 0 bridgehead atoms. The minimum Gasteiger partial charge on any atom is -0.394 e. The van der Waals surface area contributed by atoms with E-state index in [0.29, 0.717) is 6.73 Å². The van der Waals surface area contributed by atoms with E-state index < -0.39 is 6.10 Å². The maximum absolute atomic E-state index is 9.04. The average Bonchev–Trinajstić information content (AvgIpc) is 2.20.